The van der Waals surface area contributed by atoms with Gasteiger partial charge in [0.25, 0.3) is 0 Å². The van der Waals surface area contributed by atoms with Crippen LogP contribution in [-0.4, -0.2) is 38.0 Å². The lowest BCUT2D eigenvalue weighted by Gasteiger charge is -2.33. The van der Waals surface area contributed by atoms with Crippen molar-refractivity contribution >= 4 is 17.7 Å². The molecule has 0 N–H and O–H groups in total. The molecule has 0 amide bonds. The number of aryl methyl sites for hydroxylation is 1. The maximum absolute atomic E-state index is 13.3. The summed E-state index contributed by atoms with van der Waals surface area (Å²) in [5.41, 5.74) is 3.58. The van der Waals surface area contributed by atoms with Gasteiger partial charge in [-0.3, -0.25) is 9.79 Å². The zero-order valence-corrected chi connectivity index (χ0v) is 26.7. The van der Waals surface area contributed by atoms with Gasteiger partial charge in [-0.1, -0.05) is 96.1 Å². The largest absolute Gasteiger partial charge is 0.496 e. The molecule has 1 aromatic carbocycles. The number of nitrogens with zero attached hydrogens (tertiary/aromatic N) is 1. The van der Waals surface area contributed by atoms with Gasteiger partial charge in [0, 0.05) is 22.9 Å². The Bertz CT molecular complexity index is 1010. The number of carbonyl (C=O) groups is 2. The molecule has 0 spiro atoms. The van der Waals surface area contributed by atoms with Crippen LogP contribution in [0.4, 0.5) is 0 Å². The third-order valence-electron chi connectivity index (χ3n) is 8.10. The SMILES string of the molecule is CCCCCCCCCCCCCCCc1cccc(OC)c1C1C(C(=O)OCC)=C(C)N=C(C)C1C(=O)OCC. The maximum atomic E-state index is 13.3. The Morgan fingerprint density at radius 1 is 0.780 bits per heavy atom. The Hall–Kier alpha value is -2.63. The fraction of sp³-hybridized carbons (Fsp3) is 0.686. The summed E-state index contributed by atoms with van der Waals surface area (Å²) in [7, 11) is 1.64. The molecule has 230 valence electrons. The van der Waals surface area contributed by atoms with E-state index < -0.39 is 17.8 Å². The van der Waals surface area contributed by atoms with Gasteiger partial charge < -0.3 is 14.2 Å². The smallest absolute Gasteiger partial charge is 0.336 e. The van der Waals surface area contributed by atoms with Crippen molar-refractivity contribution in [1.82, 2.24) is 0 Å². The number of benzene rings is 1. The van der Waals surface area contributed by atoms with Gasteiger partial charge in [-0.05, 0) is 52.2 Å². The minimum atomic E-state index is -0.722. The molecule has 0 bridgehead atoms. The van der Waals surface area contributed by atoms with E-state index >= 15 is 0 Å². The molecule has 0 fully saturated rings. The summed E-state index contributed by atoms with van der Waals surface area (Å²) in [6.45, 7) is 9.99. The normalized spacial score (nSPS) is 16.9. The quantitative estimate of drug-likeness (QED) is 0.116. The molecule has 0 saturated carbocycles. The Kier molecular flexibility index (Phi) is 16.4. The van der Waals surface area contributed by atoms with E-state index in [1.807, 2.05) is 26.0 Å². The van der Waals surface area contributed by atoms with Gasteiger partial charge in [0.05, 0.1) is 25.9 Å². The molecule has 0 aliphatic carbocycles. The van der Waals surface area contributed by atoms with Gasteiger partial charge in [-0.25, -0.2) is 4.79 Å². The van der Waals surface area contributed by atoms with Gasteiger partial charge in [0.1, 0.15) is 11.7 Å². The summed E-state index contributed by atoms with van der Waals surface area (Å²) in [5.74, 6) is -1.47. The highest BCUT2D eigenvalue weighted by Gasteiger charge is 2.44. The van der Waals surface area contributed by atoms with Gasteiger partial charge in [-0.2, -0.15) is 0 Å². The zero-order chi connectivity index (χ0) is 30.0. The van der Waals surface area contributed by atoms with E-state index in [1.165, 1.54) is 70.6 Å². The van der Waals surface area contributed by atoms with E-state index in [2.05, 4.69) is 18.0 Å². The number of rotatable bonds is 20. The van der Waals surface area contributed by atoms with Crippen LogP contribution in [0.25, 0.3) is 0 Å². The molecule has 1 aliphatic rings. The van der Waals surface area contributed by atoms with Gasteiger partial charge in [0.15, 0.2) is 0 Å². The summed E-state index contributed by atoms with van der Waals surface area (Å²) in [6.07, 6.45) is 17.8. The van der Waals surface area contributed by atoms with Crippen LogP contribution < -0.4 is 4.74 Å². The third kappa shape index (κ3) is 10.6. The van der Waals surface area contributed by atoms with Crippen molar-refractivity contribution in [2.75, 3.05) is 20.3 Å². The molecule has 6 heteroatoms. The van der Waals surface area contributed by atoms with Crippen LogP contribution in [0.15, 0.2) is 34.5 Å². The molecule has 41 heavy (non-hydrogen) atoms. The van der Waals surface area contributed by atoms with E-state index in [1.54, 1.807) is 21.0 Å². The fourth-order valence-corrected chi connectivity index (χ4v) is 6.03. The van der Waals surface area contributed by atoms with E-state index in [9.17, 15) is 9.59 Å². The van der Waals surface area contributed by atoms with Crippen LogP contribution in [0.2, 0.25) is 0 Å². The van der Waals surface area contributed by atoms with E-state index in [-0.39, 0.29) is 19.2 Å². The molecule has 0 aromatic heterocycles. The number of hydrogen-bond acceptors (Lipinski definition) is 6. The molecule has 1 heterocycles. The van der Waals surface area contributed by atoms with Crippen molar-refractivity contribution in [3.05, 3.63) is 40.6 Å². The van der Waals surface area contributed by atoms with Crippen molar-refractivity contribution in [1.29, 1.82) is 0 Å². The molecular formula is C35H55NO5. The lowest BCUT2D eigenvalue weighted by Crippen LogP contribution is -2.37. The highest BCUT2D eigenvalue weighted by Crippen LogP contribution is 2.45. The first-order chi connectivity index (χ1) is 19.9. The van der Waals surface area contributed by atoms with Gasteiger partial charge >= 0.3 is 11.9 Å². The predicted molar refractivity (Wildman–Crippen MR) is 168 cm³/mol. The second-order valence-corrected chi connectivity index (χ2v) is 11.2. The lowest BCUT2D eigenvalue weighted by atomic mass is 9.73. The molecule has 2 atom stereocenters. The monoisotopic (exact) mass is 569 g/mol. The average molecular weight is 570 g/mol. The molecule has 6 nitrogen and oxygen atoms in total. The molecule has 1 aromatic rings. The van der Waals surface area contributed by atoms with Gasteiger partial charge in [-0.15, -0.1) is 0 Å². The number of carbonyl (C=O) groups excluding carboxylic acids is 2. The van der Waals surface area contributed by atoms with Crippen LogP contribution >= 0.6 is 0 Å². The minimum Gasteiger partial charge on any atom is -0.496 e. The van der Waals surface area contributed by atoms with E-state index in [0.29, 0.717) is 22.7 Å². The van der Waals surface area contributed by atoms with Crippen LogP contribution in [0.5, 0.6) is 5.75 Å². The van der Waals surface area contributed by atoms with Crippen LogP contribution in [-0.2, 0) is 25.5 Å². The van der Waals surface area contributed by atoms with Crippen molar-refractivity contribution in [2.45, 2.75) is 130 Å². The first-order valence-corrected chi connectivity index (χ1v) is 16.2. The van der Waals surface area contributed by atoms with Gasteiger partial charge in [0.2, 0.25) is 0 Å². The predicted octanol–water partition coefficient (Wildman–Crippen LogP) is 8.90. The summed E-state index contributed by atoms with van der Waals surface area (Å²) >= 11 is 0. The van der Waals surface area contributed by atoms with Crippen LogP contribution in [0.3, 0.4) is 0 Å². The Morgan fingerprint density at radius 2 is 1.34 bits per heavy atom. The van der Waals surface area contributed by atoms with E-state index in [0.717, 1.165) is 30.4 Å². The van der Waals surface area contributed by atoms with Crippen molar-refractivity contribution in [3.8, 4) is 5.75 Å². The second kappa shape index (κ2) is 19.5. The fourth-order valence-electron chi connectivity index (χ4n) is 6.03. The number of hydrogen-bond donors (Lipinski definition) is 0. The lowest BCUT2D eigenvalue weighted by molar-refractivity contribution is -0.146. The Balaban J connectivity index is 2.13. The Labute approximate surface area is 249 Å². The van der Waals surface area contributed by atoms with Crippen molar-refractivity contribution in [2.24, 2.45) is 10.9 Å². The zero-order valence-electron chi connectivity index (χ0n) is 26.7. The molecule has 0 saturated heterocycles. The number of aliphatic imine (C=N–C) groups is 1. The molecule has 2 rings (SSSR count). The standard InChI is InChI=1S/C35H55NO5/c1-7-10-11-12-13-14-15-16-17-18-19-20-21-23-28-24-22-25-29(39-6)32(28)33-30(34(37)40-8-2)26(4)36-27(5)31(33)35(38)41-9-3/h22,24-25,30,33H,7-21,23H2,1-6H3. The molecular weight excluding hydrogens is 514 g/mol. The summed E-state index contributed by atoms with van der Waals surface area (Å²) in [6, 6.07) is 5.99. The molecule has 0 radical (unpaired) electrons. The average Bonchev–Trinajstić information content (AvgIpc) is 2.95. The highest BCUT2D eigenvalue weighted by atomic mass is 16.5. The highest BCUT2D eigenvalue weighted by molar-refractivity contribution is 6.07. The second-order valence-electron chi connectivity index (χ2n) is 11.2. The van der Waals surface area contributed by atoms with E-state index in [4.69, 9.17) is 14.2 Å². The van der Waals surface area contributed by atoms with Crippen molar-refractivity contribution < 1.29 is 23.8 Å². The number of esters is 2. The number of methoxy groups -OCH3 is 1. The topological polar surface area (TPSA) is 74.2 Å². The van der Waals surface area contributed by atoms with Crippen LogP contribution in [0.1, 0.15) is 135 Å². The summed E-state index contributed by atoms with van der Waals surface area (Å²) < 4.78 is 16.8. The number of allylic oxidation sites excluding steroid dienone is 1. The molecule has 1 aliphatic heterocycles. The van der Waals surface area contributed by atoms with Crippen LogP contribution in [0, 0.1) is 5.92 Å². The first-order valence-electron chi connectivity index (χ1n) is 16.2. The maximum Gasteiger partial charge on any atom is 0.336 e. The summed E-state index contributed by atoms with van der Waals surface area (Å²) in [4.78, 5) is 31.2. The summed E-state index contributed by atoms with van der Waals surface area (Å²) in [5, 5.41) is 0. The first kappa shape index (κ1) is 34.6. The molecule has 2 unspecified atom stereocenters. The minimum absolute atomic E-state index is 0.243. The number of ether oxygens (including phenoxy) is 3. The Morgan fingerprint density at radius 3 is 1.88 bits per heavy atom. The van der Waals surface area contributed by atoms with Crippen molar-refractivity contribution in [3.63, 3.8) is 0 Å². The third-order valence-corrected chi connectivity index (χ3v) is 8.10. The number of unbranched alkanes of at least 4 members (excludes halogenated alkanes) is 12.